The third-order valence-electron chi connectivity index (χ3n) is 4.03. The van der Waals surface area contributed by atoms with Gasteiger partial charge in [-0.25, -0.2) is 4.39 Å². The summed E-state index contributed by atoms with van der Waals surface area (Å²) in [6.07, 6.45) is 2.02. The molecule has 1 heterocycles. The van der Waals surface area contributed by atoms with Crippen molar-refractivity contribution in [2.75, 3.05) is 25.0 Å². The van der Waals surface area contributed by atoms with Crippen molar-refractivity contribution in [3.63, 3.8) is 0 Å². The molecule has 0 atom stereocenters. The maximum Gasteiger partial charge on any atom is 0.251 e. The number of benzene rings is 1. The zero-order chi connectivity index (χ0) is 16.2. The van der Waals surface area contributed by atoms with Crippen LogP contribution in [0, 0.1) is 11.2 Å². The van der Waals surface area contributed by atoms with E-state index in [1.54, 1.807) is 0 Å². The van der Waals surface area contributed by atoms with E-state index in [1.807, 2.05) is 0 Å². The number of halogens is 2. The molecule has 1 aliphatic heterocycles. The van der Waals surface area contributed by atoms with Crippen LogP contribution in [0.1, 0.15) is 37.0 Å². The molecular weight excluding hydrogens is 321 g/mol. The van der Waals surface area contributed by atoms with Crippen LogP contribution in [0.5, 0.6) is 0 Å². The van der Waals surface area contributed by atoms with Crippen molar-refractivity contribution < 1.29 is 14.0 Å². The van der Waals surface area contributed by atoms with Gasteiger partial charge in [-0.15, -0.1) is 12.4 Å². The van der Waals surface area contributed by atoms with Crippen LogP contribution in [0.2, 0.25) is 0 Å². The zero-order valence-corrected chi connectivity index (χ0v) is 14.2. The van der Waals surface area contributed by atoms with Crippen LogP contribution in [-0.2, 0) is 4.79 Å². The van der Waals surface area contributed by atoms with Gasteiger partial charge in [0.1, 0.15) is 5.82 Å². The highest BCUT2D eigenvalue weighted by atomic mass is 35.5. The van der Waals surface area contributed by atoms with Crippen LogP contribution < -0.4 is 16.0 Å². The molecule has 5 nitrogen and oxygen atoms in total. The molecule has 1 fully saturated rings. The summed E-state index contributed by atoms with van der Waals surface area (Å²) in [7, 11) is 0. The molecular formula is C16H23ClFN3O2. The van der Waals surface area contributed by atoms with Gasteiger partial charge in [-0.1, -0.05) is 6.92 Å². The summed E-state index contributed by atoms with van der Waals surface area (Å²) in [4.78, 5) is 23.3. The molecule has 1 saturated heterocycles. The van der Waals surface area contributed by atoms with E-state index in [2.05, 4.69) is 22.9 Å². The number of nitrogens with one attached hydrogen (secondary N) is 3. The van der Waals surface area contributed by atoms with Crippen LogP contribution in [0.25, 0.3) is 0 Å². The Morgan fingerprint density at radius 1 is 1.30 bits per heavy atom. The second kappa shape index (κ2) is 8.26. The molecule has 0 unspecified atom stereocenters. The third-order valence-corrected chi connectivity index (χ3v) is 4.03. The Morgan fingerprint density at radius 3 is 2.57 bits per heavy atom. The van der Waals surface area contributed by atoms with Gasteiger partial charge in [0.2, 0.25) is 5.91 Å². The number of anilines is 1. The first-order chi connectivity index (χ1) is 10.4. The van der Waals surface area contributed by atoms with Gasteiger partial charge in [0, 0.05) is 19.0 Å². The largest absolute Gasteiger partial charge is 0.351 e. The summed E-state index contributed by atoms with van der Waals surface area (Å²) in [6, 6.07) is 3.96. The Labute approximate surface area is 141 Å². The number of amides is 2. The Balaban J connectivity index is 0.00000264. The lowest BCUT2D eigenvalue weighted by molar-refractivity contribution is -0.114. The summed E-state index contributed by atoms with van der Waals surface area (Å²) in [6.45, 7) is 5.94. The smallest absolute Gasteiger partial charge is 0.251 e. The maximum atomic E-state index is 13.6. The fraction of sp³-hybridized carbons (Fsp3) is 0.500. The lowest BCUT2D eigenvalue weighted by Gasteiger charge is -2.34. The van der Waals surface area contributed by atoms with Crippen molar-refractivity contribution in [1.82, 2.24) is 10.6 Å². The van der Waals surface area contributed by atoms with Gasteiger partial charge in [-0.2, -0.15) is 0 Å². The van der Waals surface area contributed by atoms with Gasteiger partial charge in [-0.05, 0) is 49.5 Å². The number of carbonyl (C=O) groups excluding carboxylic acids is 2. The fourth-order valence-electron chi connectivity index (χ4n) is 2.55. The number of rotatable bonds is 4. The average molecular weight is 344 g/mol. The second-order valence-electron chi connectivity index (χ2n) is 6.12. The van der Waals surface area contributed by atoms with E-state index in [0.29, 0.717) is 12.1 Å². The molecule has 1 aliphatic rings. The number of hydrogen-bond donors (Lipinski definition) is 3. The van der Waals surface area contributed by atoms with E-state index >= 15 is 0 Å². The molecule has 7 heteroatoms. The van der Waals surface area contributed by atoms with E-state index in [0.717, 1.165) is 25.9 Å². The monoisotopic (exact) mass is 343 g/mol. The first-order valence-corrected chi connectivity index (χ1v) is 7.46. The molecule has 2 rings (SSSR count). The van der Waals surface area contributed by atoms with Crippen LogP contribution >= 0.6 is 12.4 Å². The van der Waals surface area contributed by atoms with Gasteiger partial charge in [0.05, 0.1) is 5.69 Å². The quantitative estimate of drug-likeness (QED) is 0.785. The van der Waals surface area contributed by atoms with Crippen molar-refractivity contribution in [3.8, 4) is 0 Å². The predicted octanol–water partition coefficient (Wildman–Crippen LogP) is 2.33. The predicted molar refractivity (Wildman–Crippen MR) is 90.5 cm³/mol. The molecule has 0 spiro atoms. The minimum absolute atomic E-state index is 0. The van der Waals surface area contributed by atoms with Crippen molar-refractivity contribution in [1.29, 1.82) is 0 Å². The molecule has 128 valence electrons. The Hall–Kier alpha value is -1.66. The van der Waals surface area contributed by atoms with E-state index in [4.69, 9.17) is 0 Å². The van der Waals surface area contributed by atoms with Crippen LogP contribution in [-0.4, -0.2) is 31.4 Å². The molecule has 0 aliphatic carbocycles. The lowest BCUT2D eigenvalue weighted by atomic mass is 9.81. The van der Waals surface area contributed by atoms with Crippen molar-refractivity contribution in [2.45, 2.75) is 26.7 Å². The normalized spacial score (nSPS) is 16.1. The molecule has 0 bridgehead atoms. The van der Waals surface area contributed by atoms with Crippen LogP contribution in [0.4, 0.5) is 10.1 Å². The first kappa shape index (κ1) is 19.4. The minimum Gasteiger partial charge on any atom is -0.351 e. The summed E-state index contributed by atoms with van der Waals surface area (Å²) >= 11 is 0. The van der Waals surface area contributed by atoms with Gasteiger partial charge in [-0.3, -0.25) is 9.59 Å². The molecule has 0 radical (unpaired) electrons. The summed E-state index contributed by atoms with van der Waals surface area (Å²) < 4.78 is 13.6. The molecule has 3 N–H and O–H groups in total. The van der Waals surface area contributed by atoms with Gasteiger partial charge in [0.25, 0.3) is 5.91 Å². The minimum atomic E-state index is -0.558. The van der Waals surface area contributed by atoms with E-state index in [9.17, 15) is 14.0 Å². The maximum absolute atomic E-state index is 13.6. The standard InChI is InChI=1S/C16H22FN3O2.ClH/c1-11(21)20-14-9-12(3-4-13(14)17)15(22)19-10-16(2)5-7-18-8-6-16;/h3-4,9,18H,5-8,10H2,1-2H3,(H,19,22)(H,20,21);1H. The summed E-state index contributed by atoms with van der Waals surface area (Å²) in [5.74, 6) is -1.19. The molecule has 23 heavy (non-hydrogen) atoms. The first-order valence-electron chi connectivity index (χ1n) is 7.46. The molecule has 0 saturated carbocycles. The number of piperidine rings is 1. The SMILES string of the molecule is CC(=O)Nc1cc(C(=O)NCC2(C)CCNCC2)ccc1F.Cl. The molecule has 1 aromatic rings. The lowest BCUT2D eigenvalue weighted by Crippen LogP contribution is -2.42. The Morgan fingerprint density at radius 2 is 1.96 bits per heavy atom. The van der Waals surface area contributed by atoms with Gasteiger partial charge >= 0.3 is 0 Å². The topological polar surface area (TPSA) is 70.2 Å². The summed E-state index contributed by atoms with van der Waals surface area (Å²) in [5.41, 5.74) is 0.442. The summed E-state index contributed by atoms with van der Waals surface area (Å²) in [5, 5.41) is 8.58. The highest BCUT2D eigenvalue weighted by molar-refractivity contribution is 5.96. The number of hydrogen-bond acceptors (Lipinski definition) is 3. The van der Waals surface area contributed by atoms with Crippen LogP contribution in [0.3, 0.4) is 0 Å². The highest BCUT2D eigenvalue weighted by Gasteiger charge is 2.27. The fourth-order valence-corrected chi connectivity index (χ4v) is 2.55. The zero-order valence-electron chi connectivity index (χ0n) is 13.4. The van der Waals surface area contributed by atoms with Crippen molar-refractivity contribution in [2.24, 2.45) is 5.41 Å². The van der Waals surface area contributed by atoms with Gasteiger partial charge in [0.15, 0.2) is 0 Å². The van der Waals surface area contributed by atoms with Crippen LogP contribution in [0.15, 0.2) is 18.2 Å². The number of carbonyl (C=O) groups is 2. The second-order valence-corrected chi connectivity index (χ2v) is 6.12. The molecule has 0 aromatic heterocycles. The van der Waals surface area contributed by atoms with Crippen molar-refractivity contribution >= 4 is 29.9 Å². The Bertz CT molecular complexity index is 574. The third kappa shape index (κ3) is 5.48. The molecule has 1 aromatic carbocycles. The van der Waals surface area contributed by atoms with E-state index in [-0.39, 0.29) is 35.3 Å². The van der Waals surface area contributed by atoms with E-state index < -0.39 is 5.82 Å². The average Bonchev–Trinajstić information content (AvgIpc) is 2.47. The van der Waals surface area contributed by atoms with Crippen molar-refractivity contribution in [3.05, 3.63) is 29.6 Å². The molecule has 2 amide bonds. The van der Waals surface area contributed by atoms with E-state index in [1.165, 1.54) is 25.1 Å². The Kier molecular flexibility index (Phi) is 6.97. The highest BCUT2D eigenvalue weighted by Crippen LogP contribution is 2.26. The van der Waals surface area contributed by atoms with Gasteiger partial charge < -0.3 is 16.0 Å².